The largest absolute Gasteiger partial charge is 0.512 e. The number of aliphatic hydroxyl groups is 1. The number of esters is 1. The first-order chi connectivity index (χ1) is 12.1. The number of ether oxygens (including phenoxy) is 2. The van der Waals surface area contributed by atoms with Gasteiger partial charge in [-0.2, -0.15) is 0 Å². The molecule has 1 aliphatic heterocycles. The summed E-state index contributed by atoms with van der Waals surface area (Å²) in [6.07, 6.45) is 3.79. The van der Waals surface area contributed by atoms with Gasteiger partial charge in [-0.15, -0.1) is 0 Å². The molecule has 136 valence electrons. The highest BCUT2D eigenvalue weighted by Crippen LogP contribution is 2.30. The normalized spacial score (nSPS) is 21.0. The minimum absolute atomic E-state index is 0.188. The second kappa shape index (κ2) is 7.91. The zero-order valence-electron chi connectivity index (χ0n) is 15.1. The third kappa shape index (κ3) is 4.15. The third-order valence-electron chi connectivity index (χ3n) is 5.18. The van der Waals surface area contributed by atoms with E-state index in [0.29, 0.717) is 31.1 Å². The molecule has 0 bridgehead atoms. The number of aryl methyl sites for hydroxylation is 1. The van der Waals surface area contributed by atoms with Crippen molar-refractivity contribution in [3.05, 3.63) is 40.7 Å². The summed E-state index contributed by atoms with van der Waals surface area (Å²) in [5, 5.41) is 10.0. The fourth-order valence-corrected chi connectivity index (χ4v) is 3.82. The zero-order chi connectivity index (χ0) is 17.8. The number of aliphatic hydroxyl groups excluding tert-OH is 1. The van der Waals surface area contributed by atoms with Gasteiger partial charge in [-0.05, 0) is 55.4 Å². The van der Waals surface area contributed by atoms with Crippen LogP contribution in [0.15, 0.2) is 29.5 Å². The van der Waals surface area contributed by atoms with Gasteiger partial charge in [0.25, 0.3) is 0 Å². The van der Waals surface area contributed by atoms with Crippen molar-refractivity contribution >= 4 is 5.97 Å². The number of hydrogen-bond acceptors (Lipinski definition) is 5. The first kappa shape index (κ1) is 17.8. The summed E-state index contributed by atoms with van der Waals surface area (Å²) < 4.78 is 10.4. The Hall–Kier alpha value is -2.01. The summed E-state index contributed by atoms with van der Waals surface area (Å²) in [4.78, 5) is 14.3. The quantitative estimate of drug-likeness (QED) is 0.832. The lowest BCUT2D eigenvalue weighted by molar-refractivity contribution is -0.139. The monoisotopic (exact) mass is 345 g/mol. The van der Waals surface area contributed by atoms with Crippen LogP contribution >= 0.6 is 0 Å². The topological polar surface area (TPSA) is 59.0 Å². The van der Waals surface area contributed by atoms with Crippen LogP contribution in [0.5, 0.6) is 5.75 Å². The van der Waals surface area contributed by atoms with Crippen molar-refractivity contribution in [3.8, 4) is 5.75 Å². The van der Waals surface area contributed by atoms with Crippen LogP contribution in [0.2, 0.25) is 0 Å². The van der Waals surface area contributed by atoms with Crippen molar-refractivity contribution in [1.82, 2.24) is 4.90 Å². The highest BCUT2D eigenvalue weighted by Gasteiger charge is 2.28. The van der Waals surface area contributed by atoms with E-state index < -0.39 is 0 Å². The van der Waals surface area contributed by atoms with Crippen molar-refractivity contribution in [2.45, 2.75) is 32.6 Å². The van der Waals surface area contributed by atoms with Gasteiger partial charge >= 0.3 is 5.97 Å². The second-order valence-corrected chi connectivity index (χ2v) is 6.87. The van der Waals surface area contributed by atoms with E-state index >= 15 is 0 Å². The summed E-state index contributed by atoms with van der Waals surface area (Å²) >= 11 is 0. The van der Waals surface area contributed by atoms with E-state index in [-0.39, 0.29) is 11.7 Å². The van der Waals surface area contributed by atoms with Crippen molar-refractivity contribution < 1.29 is 19.4 Å². The van der Waals surface area contributed by atoms with Gasteiger partial charge in [0.05, 0.1) is 19.3 Å². The van der Waals surface area contributed by atoms with Crippen LogP contribution in [0.4, 0.5) is 0 Å². The number of carbonyl (C=O) groups is 1. The van der Waals surface area contributed by atoms with Gasteiger partial charge in [-0.1, -0.05) is 6.07 Å². The molecule has 1 heterocycles. The molecule has 0 aromatic heterocycles. The van der Waals surface area contributed by atoms with Gasteiger partial charge in [-0.25, -0.2) is 4.79 Å². The number of carbonyl (C=O) groups excluding carboxylic acids is 1. The SMILES string of the molecule is CCOC(=O)C1=C(O)CCN(CC2CCc3ccc(OC)cc3C2)C1. The smallest absolute Gasteiger partial charge is 0.338 e. The molecule has 3 rings (SSSR count). The average Bonchev–Trinajstić information content (AvgIpc) is 2.62. The molecule has 0 amide bonds. The highest BCUT2D eigenvalue weighted by atomic mass is 16.5. The van der Waals surface area contributed by atoms with E-state index in [2.05, 4.69) is 17.0 Å². The number of rotatable bonds is 5. The summed E-state index contributed by atoms with van der Waals surface area (Å²) in [7, 11) is 1.70. The molecule has 1 unspecified atom stereocenters. The van der Waals surface area contributed by atoms with Crippen LogP contribution in [0.25, 0.3) is 0 Å². The minimum Gasteiger partial charge on any atom is -0.512 e. The van der Waals surface area contributed by atoms with Gasteiger partial charge in [-0.3, -0.25) is 4.90 Å². The average molecular weight is 345 g/mol. The molecule has 1 N–H and O–H groups in total. The van der Waals surface area contributed by atoms with E-state index in [1.807, 2.05) is 6.07 Å². The number of methoxy groups -OCH3 is 1. The lowest BCUT2D eigenvalue weighted by Crippen LogP contribution is -2.39. The summed E-state index contributed by atoms with van der Waals surface area (Å²) in [5.74, 6) is 1.27. The Balaban J connectivity index is 1.62. The lowest BCUT2D eigenvalue weighted by Gasteiger charge is -2.33. The standard InChI is InChI=1S/C20H27NO4/c1-3-25-20(23)18-13-21(9-8-19(18)22)12-14-4-5-15-6-7-17(24-2)11-16(15)10-14/h6-7,11,14,22H,3-5,8-10,12-13H2,1-2H3. The fraction of sp³-hybridized carbons (Fsp3) is 0.550. The third-order valence-corrected chi connectivity index (χ3v) is 5.18. The van der Waals surface area contributed by atoms with Crippen molar-refractivity contribution in [3.63, 3.8) is 0 Å². The minimum atomic E-state index is -0.386. The molecule has 0 saturated heterocycles. The van der Waals surface area contributed by atoms with E-state index in [1.165, 1.54) is 11.1 Å². The molecule has 1 aromatic rings. The molecular weight excluding hydrogens is 318 g/mol. The molecule has 1 atom stereocenters. The summed E-state index contributed by atoms with van der Waals surface area (Å²) in [5.41, 5.74) is 3.21. The Labute approximate surface area is 149 Å². The molecule has 0 saturated carbocycles. The molecule has 5 nitrogen and oxygen atoms in total. The maximum Gasteiger partial charge on any atom is 0.338 e. The Morgan fingerprint density at radius 2 is 2.16 bits per heavy atom. The molecule has 1 aliphatic carbocycles. The number of benzene rings is 1. The van der Waals surface area contributed by atoms with Gasteiger partial charge in [0.1, 0.15) is 11.5 Å². The zero-order valence-corrected chi connectivity index (χ0v) is 15.1. The van der Waals surface area contributed by atoms with Gasteiger partial charge in [0.2, 0.25) is 0 Å². The maximum atomic E-state index is 12.0. The number of fused-ring (bicyclic) bond motifs is 1. The first-order valence-corrected chi connectivity index (χ1v) is 9.07. The van der Waals surface area contributed by atoms with Crippen LogP contribution in [-0.2, 0) is 22.4 Å². The maximum absolute atomic E-state index is 12.0. The molecule has 0 spiro atoms. The predicted molar refractivity (Wildman–Crippen MR) is 95.9 cm³/mol. The molecule has 0 fully saturated rings. The summed E-state index contributed by atoms with van der Waals surface area (Å²) in [6, 6.07) is 6.35. The van der Waals surface area contributed by atoms with Crippen molar-refractivity contribution in [2.24, 2.45) is 5.92 Å². The van der Waals surface area contributed by atoms with Crippen LogP contribution in [-0.4, -0.2) is 49.3 Å². The van der Waals surface area contributed by atoms with Gasteiger partial charge in [0, 0.05) is 26.1 Å². The van der Waals surface area contributed by atoms with E-state index in [9.17, 15) is 9.90 Å². The lowest BCUT2D eigenvalue weighted by atomic mass is 9.83. The Bertz CT molecular complexity index is 668. The van der Waals surface area contributed by atoms with Crippen LogP contribution in [0.1, 0.15) is 30.9 Å². The first-order valence-electron chi connectivity index (χ1n) is 9.07. The van der Waals surface area contributed by atoms with Crippen LogP contribution in [0.3, 0.4) is 0 Å². The highest BCUT2D eigenvalue weighted by molar-refractivity contribution is 5.89. The van der Waals surface area contributed by atoms with Gasteiger partial charge < -0.3 is 14.6 Å². The number of nitrogens with zero attached hydrogens (tertiary/aromatic N) is 1. The predicted octanol–water partition coefficient (Wildman–Crippen LogP) is 2.88. The molecular formula is C20H27NO4. The Kier molecular flexibility index (Phi) is 5.63. The molecule has 1 aromatic carbocycles. The molecule has 0 radical (unpaired) electrons. The molecule has 2 aliphatic rings. The van der Waals surface area contributed by atoms with E-state index in [1.54, 1.807) is 14.0 Å². The van der Waals surface area contributed by atoms with E-state index in [4.69, 9.17) is 9.47 Å². The molecule has 25 heavy (non-hydrogen) atoms. The van der Waals surface area contributed by atoms with Gasteiger partial charge in [0.15, 0.2) is 0 Å². The molecule has 5 heteroatoms. The Morgan fingerprint density at radius 3 is 2.92 bits per heavy atom. The summed E-state index contributed by atoms with van der Waals surface area (Å²) in [6.45, 7) is 4.32. The Morgan fingerprint density at radius 1 is 1.32 bits per heavy atom. The fourth-order valence-electron chi connectivity index (χ4n) is 3.82. The van der Waals surface area contributed by atoms with Crippen LogP contribution in [0, 0.1) is 5.92 Å². The second-order valence-electron chi connectivity index (χ2n) is 6.87. The van der Waals surface area contributed by atoms with Crippen molar-refractivity contribution in [2.75, 3.05) is 33.4 Å². The van der Waals surface area contributed by atoms with Crippen LogP contribution < -0.4 is 4.74 Å². The van der Waals surface area contributed by atoms with E-state index in [0.717, 1.165) is 38.1 Å². The number of hydrogen-bond donors (Lipinski definition) is 1. The van der Waals surface area contributed by atoms with Crippen molar-refractivity contribution in [1.29, 1.82) is 0 Å².